The maximum absolute atomic E-state index is 10.9. The second-order valence-corrected chi connectivity index (χ2v) is 2.70. The van der Waals surface area contributed by atoms with E-state index in [0.717, 1.165) is 0 Å². The molecular formula is C8H15NO2. The fraction of sp³-hybridized carbons (Fsp3) is 0.750. The molecular weight excluding hydrogens is 142 g/mol. The van der Waals surface area contributed by atoms with Gasteiger partial charge in [0.25, 0.3) is 0 Å². The van der Waals surface area contributed by atoms with Crippen LogP contribution in [0.2, 0.25) is 0 Å². The highest BCUT2D eigenvalue weighted by Gasteiger charge is 2.22. The Labute approximate surface area is 67.4 Å². The lowest BCUT2D eigenvalue weighted by Crippen LogP contribution is -2.42. The topological polar surface area (TPSA) is 37.4 Å². The third-order valence-electron chi connectivity index (χ3n) is 1.71. The molecule has 0 heterocycles. The molecule has 0 fully saturated rings. The molecule has 0 N–H and O–H groups in total. The molecule has 0 aromatic rings. The molecule has 0 aliphatic carbocycles. The van der Waals surface area contributed by atoms with Crippen LogP contribution in [0.5, 0.6) is 0 Å². The summed E-state index contributed by atoms with van der Waals surface area (Å²) in [5.74, 6) is -0.163. The Morgan fingerprint density at radius 2 is 1.64 bits per heavy atom. The van der Waals surface area contributed by atoms with E-state index in [9.17, 15) is 9.59 Å². The lowest BCUT2D eigenvalue weighted by atomic mass is 10.1. The molecule has 0 aliphatic rings. The standard InChI is InChI=1S/C8H15NO2/c1-5-9(4)8(6(2)10)7(3)11/h8H,5H2,1-4H3. The minimum atomic E-state index is -0.542. The molecule has 0 bridgehead atoms. The second kappa shape index (κ2) is 4.23. The SMILES string of the molecule is CCN(C)C(C(C)=O)C(C)=O. The number of hydrogen-bond donors (Lipinski definition) is 0. The van der Waals surface area contributed by atoms with Crippen LogP contribution in [0.25, 0.3) is 0 Å². The Hall–Kier alpha value is -0.700. The lowest BCUT2D eigenvalue weighted by molar-refractivity contribution is -0.131. The van der Waals surface area contributed by atoms with Gasteiger partial charge < -0.3 is 0 Å². The van der Waals surface area contributed by atoms with Crippen LogP contribution in [0.15, 0.2) is 0 Å². The van der Waals surface area contributed by atoms with Crippen LogP contribution in [0.3, 0.4) is 0 Å². The average Bonchev–Trinajstić information content (AvgIpc) is 1.85. The minimum Gasteiger partial charge on any atom is -0.298 e. The fourth-order valence-electron chi connectivity index (χ4n) is 1.09. The van der Waals surface area contributed by atoms with Crippen LogP contribution in [-0.4, -0.2) is 36.1 Å². The summed E-state index contributed by atoms with van der Waals surface area (Å²) in [6.45, 7) is 5.51. The maximum Gasteiger partial charge on any atom is 0.154 e. The van der Waals surface area contributed by atoms with E-state index >= 15 is 0 Å². The first-order chi connectivity index (χ1) is 5.00. The van der Waals surface area contributed by atoms with E-state index in [1.54, 1.807) is 11.9 Å². The number of carbonyl (C=O) groups excluding carboxylic acids is 2. The number of Topliss-reactive ketones (excluding diaryl/α,β-unsaturated/α-hetero) is 2. The summed E-state index contributed by atoms with van der Waals surface area (Å²) < 4.78 is 0. The van der Waals surface area contributed by atoms with Crippen LogP contribution < -0.4 is 0 Å². The summed E-state index contributed by atoms with van der Waals surface area (Å²) in [7, 11) is 1.77. The van der Waals surface area contributed by atoms with Gasteiger partial charge in [-0.1, -0.05) is 6.92 Å². The number of likely N-dealkylation sites (N-methyl/N-ethyl adjacent to an activating group) is 1. The van der Waals surface area contributed by atoms with Gasteiger partial charge in [0.05, 0.1) is 0 Å². The van der Waals surface area contributed by atoms with Gasteiger partial charge in [0.2, 0.25) is 0 Å². The molecule has 0 aromatic carbocycles. The van der Waals surface area contributed by atoms with Crippen LogP contribution in [-0.2, 0) is 9.59 Å². The van der Waals surface area contributed by atoms with Crippen molar-refractivity contribution in [3.05, 3.63) is 0 Å². The first-order valence-electron chi connectivity index (χ1n) is 3.71. The molecule has 0 aromatic heterocycles. The van der Waals surface area contributed by atoms with E-state index in [2.05, 4.69) is 0 Å². The summed E-state index contributed by atoms with van der Waals surface area (Å²) in [5.41, 5.74) is 0. The van der Waals surface area contributed by atoms with Gasteiger partial charge in [-0.3, -0.25) is 14.5 Å². The Morgan fingerprint density at radius 1 is 1.27 bits per heavy atom. The Kier molecular flexibility index (Phi) is 3.97. The molecule has 0 spiro atoms. The molecule has 3 heteroatoms. The van der Waals surface area contributed by atoms with Gasteiger partial charge in [-0.15, -0.1) is 0 Å². The fourth-order valence-corrected chi connectivity index (χ4v) is 1.09. The second-order valence-electron chi connectivity index (χ2n) is 2.70. The molecule has 0 rings (SSSR count). The number of hydrogen-bond acceptors (Lipinski definition) is 3. The van der Waals surface area contributed by atoms with Crippen LogP contribution in [0.1, 0.15) is 20.8 Å². The van der Waals surface area contributed by atoms with Crippen molar-refractivity contribution in [2.24, 2.45) is 0 Å². The van der Waals surface area contributed by atoms with Crippen LogP contribution in [0, 0.1) is 0 Å². The monoisotopic (exact) mass is 157 g/mol. The van der Waals surface area contributed by atoms with Gasteiger partial charge >= 0.3 is 0 Å². The zero-order valence-corrected chi connectivity index (χ0v) is 7.55. The van der Waals surface area contributed by atoms with Gasteiger partial charge in [0.15, 0.2) is 11.6 Å². The van der Waals surface area contributed by atoms with Gasteiger partial charge in [-0.25, -0.2) is 0 Å². The molecule has 0 amide bonds. The summed E-state index contributed by atoms with van der Waals surface area (Å²) in [5, 5.41) is 0. The Bertz CT molecular complexity index is 151. The van der Waals surface area contributed by atoms with Crippen molar-refractivity contribution >= 4 is 11.6 Å². The quantitative estimate of drug-likeness (QED) is 0.557. The molecule has 11 heavy (non-hydrogen) atoms. The van der Waals surface area contributed by atoms with Crippen molar-refractivity contribution in [3.63, 3.8) is 0 Å². The van der Waals surface area contributed by atoms with E-state index in [1.807, 2.05) is 6.92 Å². The molecule has 64 valence electrons. The van der Waals surface area contributed by atoms with Crippen molar-refractivity contribution in [1.82, 2.24) is 4.90 Å². The largest absolute Gasteiger partial charge is 0.298 e. The number of ketones is 2. The molecule has 0 aliphatic heterocycles. The molecule has 0 radical (unpaired) electrons. The normalized spacial score (nSPS) is 10.7. The molecule has 0 saturated heterocycles. The van der Waals surface area contributed by atoms with Crippen LogP contribution in [0.4, 0.5) is 0 Å². The third kappa shape index (κ3) is 2.80. The molecule has 0 unspecified atom stereocenters. The van der Waals surface area contributed by atoms with Crippen molar-refractivity contribution in [2.45, 2.75) is 26.8 Å². The highest BCUT2D eigenvalue weighted by Crippen LogP contribution is 1.98. The highest BCUT2D eigenvalue weighted by molar-refractivity contribution is 6.04. The van der Waals surface area contributed by atoms with E-state index in [-0.39, 0.29) is 11.6 Å². The highest BCUT2D eigenvalue weighted by atomic mass is 16.2. The average molecular weight is 157 g/mol. The zero-order chi connectivity index (χ0) is 9.02. The van der Waals surface area contributed by atoms with Crippen molar-refractivity contribution in [1.29, 1.82) is 0 Å². The van der Waals surface area contributed by atoms with E-state index < -0.39 is 6.04 Å². The Balaban J connectivity index is 4.34. The first-order valence-corrected chi connectivity index (χ1v) is 3.71. The van der Waals surface area contributed by atoms with Crippen molar-refractivity contribution in [3.8, 4) is 0 Å². The summed E-state index contributed by atoms with van der Waals surface area (Å²) in [6.07, 6.45) is 0. The third-order valence-corrected chi connectivity index (χ3v) is 1.71. The molecule has 0 saturated carbocycles. The number of rotatable bonds is 4. The van der Waals surface area contributed by atoms with Gasteiger partial charge in [0, 0.05) is 0 Å². The molecule has 0 atom stereocenters. The van der Waals surface area contributed by atoms with Crippen LogP contribution >= 0.6 is 0 Å². The molecule has 3 nitrogen and oxygen atoms in total. The predicted molar refractivity (Wildman–Crippen MR) is 43.5 cm³/mol. The summed E-state index contributed by atoms with van der Waals surface area (Å²) >= 11 is 0. The summed E-state index contributed by atoms with van der Waals surface area (Å²) in [6, 6.07) is -0.542. The minimum absolute atomic E-state index is 0.0816. The number of nitrogens with zero attached hydrogens (tertiary/aromatic N) is 1. The van der Waals surface area contributed by atoms with Gasteiger partial charge in [0.1, 0.15) is 6.04 Å². The summed E-state index contributed by atoms with van der Waals surface area (Å²) in [4.78, 5) is 23.6. The smallest absolute Gasteiger partial charge is 0.154 e. The first kappa shape index (κ1) is 10.3. The van der Waals surface area contributed by atoms with Gasteiger partial charge in [-0.2, -0.15) is 0 Å². The lowest BCUT2D eigenvalue weighted by Gasteiger charge is -2.21. The zero-order valence-electron chi connectivity index (χ0n) is 7.55. The van der Waals surface area contributed by atoms with Crippen molar-refractivity contribution < 1.29 is 9.59 Å². The van der Waals surface area contributed by atoms with E-state index in [1.165, 1.54) is 13.8 Å². The van der Waals surface area contributed by atoms with Crippen molar-refractivity contribution in [2.75, 3.05) is 13.6 Å². The predicted octanol–water partition coefficient (Wildman–Crippen LogP) is 0.485. The number of carbonyl (C=O) groups is 2. The van der Waals surface area contributed by atoms with Gasteiger partial charge in [-0.05, 0) is 27.4 Å². The Morgan fingerprint density at radius 3 is 1.73 bits per heavy atom. The maximum atomic E-state index is 10.9. The van der Waals surface area contributed by atoms with E-state index in [0.29, 0.717) is 6.54 Å². The van der Waals surface area contributed by atoms with E-state index in [4.69, 9.17) is 0 Å².